The second-order valence-corrected chi connectivity index (χ2v) is 9.12. The second kappa shape index (κ2) is 8.49. The Labute approximate surface area is 180 Å². The van der Waals surface area contributed by atoms with Gasteiger partial charge in [0, 0.05) is 18.8 Å². The van der Waals surface area contributed by atoms with Gasteiger partial charge in [-0.25, -0.2) is 12.8 Å². The molecule has 0 atom stereocenters. The molecule has 6 nitrogen and oxygen atoms in total. The van der Waals surface area contributed by atoms with Gasteiger partial charge < -0.3 is 10.1 Å². The van der Waals surface area contributed by atoms with Crippen LogP contribution in [0, 0.1) is 5.82 Å². The van der Waals surface area contributed by atoms with Gasteiger partial charge in [-0.1, -0.05) is 18.2 Å². The molecule has 1 aliphatic rings. The molecule has 3 aromatic carbocycles. The molecule has 0 aliphatic carbocycles. The van der Waals surface area contributed by atoms with Crippen LogP contribution in [0.3, 0.4) is 0 Å². The summed E-state index contributed by atoms with van der Waals surface area (Å²) in [7, 11) is -2.25. The van der Waals surface area contributed by atoms with Gasteiger partial charge in [-0.05, 0) is 66.1 Å². The van der Waals surface area contributed by atoms with Gasteiger partial charge in [0.05, 0.1) is 17.6 Å². The highest BCUT2D eigenvalue weighted by molar-refractivity contribution is 7.89. The van der Waals surface area contributed by atoms with E-state index in [1.807, 2.05) is 6.07 Å². The maximum absolute atomic E-state index is 13.2. The first kappa shape index (κ1) is 21.0. The van der Waals surface area contributed by atoms with E-state index in [1.165, 1.54) is 23.5 Å². The normalized spacial score (nSPS) is 14.0. The smallest absolute Gasteiger partial charge is 0.259 e. The standard InChI is InChI=1S/C23H21FN2O4S/c1-30-22-5-3-2-4-21(22)23(27)25-19-9-6-16-12-13-26(15-17(16)14-19)31(28,29)20-10-7-18(24)8-11-20/h2-11,14H,12-13,15H2,1H3,(H,25,27). The van der Waals surface area contributed by atoms with Gasteiger partial charge in [-0.15, -0.1) is 0 Å². The summed E-state index contributed by atoms with van der Waals surface area (Å²) in [6, 6.07) is 17.2. The Balaban J connectivity index is 1.55. The fourth-order valence-electron chi connectivity index (χ4n) is 3.60. The number of hydrogen-bond acceptors (Lipinski definition) is 4. The van der Waals surface area contributed by atoms with Crippen molar-refractivity contribution >= 4 is 21.6 Å². The van der Waals surface area contributed by atoms with Gasteiger partial charge in [0.1, 0.15) is 11.6 Å². The summed E-state index contributed by atoms with van der Waals surface area (Å²) < 4.78 is 45.7. The van der Waals surface area contributed by atoms with Crippen LogP contribution < -0.4 is 10.1 Å². The van der Waals surface area contributed by atoms with Crippen molar-refractivity contribution in [2.75, 3.05) is 19.0 Å². The topological polar surface area (TPSA) is 75.7 Å². The minimum Gasteiger partial charge on any atom is -0.496 e. The van der Waals surface area contributed by atoms with Crippen molar-refractivity contribution in [3.8, 4) is 5.75 Å². The maximum Gasteiger partial charge on any atom is 0.259 e. The molecule has 0 spiro atoms. The minimum atomic E-state index is -3.75. The van der Waals surface area contributed by atoms with Crippen LogP contribution in [0.15, 0.2) is 71.6 Å². The lowest BCUT2D eigenvalue weighted by atomic mass is 10.0. The molecule has 31 heavy (non-hydrogen) atoms. The summed E-state index contributed by atoms with van der Waals surface area (Å²) in [5.74, 6) is -0.336. The predicted molar refractivity (Wildman–Crippen MR) is 115 cm³/mol. The molecule has 0 bridgehead atoms. The largest absolute Gasteiger partial charge is 0.496 e. The first-order chi connectivity index (χ1) is 14.9. The summed E-state index contributed by atoms with van der Waals surface area (Å²) in [6.45, 7) is 0.507. The van der Waals surface area contributed by atoms with Crippen molar-refractivity contribution in [2.45, 2.75) is 17.9 Å². The highest BCUT2D eigenvalue weighted by Crippen LogP contribution is 2.28. The molecule has 160 valence electrons. The van der Waals surface area contributed by atoms with Crippen LogP contribution in [-0.2, 0) is 23.0 Å². The van der Waals surface area contributed by atoms with Crippen LogP contribution in [0.25, 0.3) is 0 Å². The number of ether oxygens (including phenoxy) is 1. The van der Waals surface area contributed by atoms with E-state index in [4.69, 9.17) is 4.74 Å². The number of benzene rings is 3. The number of sulfonamides is 1. The molecule has 1 amide bonds. The molecule has 0 radical (unpaired) electrons. The average Bonchev–Trinajstić information content (AvgIpc) is 2.78. The quantitative estimate of drug-likeness (QED) is 0.654. The SMILES string of the molecule is COc1ccccc1C(=O)Nc1ccc2c(c1)CN(S(=O)(=O)c1ccc(F)cc1)CC2. The lowest BCUT2D eigenvalue weighted by molar-refractivity contribution is 0.102. The average molecular weight is 440 g/mol. The van der Waals surface area contributed by atoms with Gasteiger partial charge >= 0.3 is 0 Å². The van der Waals surface area contributed by atoms with E-state index in [1.54, 1.807) is 36.4 Å². The number of para-hydroxylation sites is 1. The van der Waals surface area contributed by atoms with E-state index in [9.17, 15) is 17.6 Å². The van der Waals surface area contributed by atoms with E-state index in [0.717, 1.165) is 23.3 Å². The molecule has 0 unspecified atom stereocenters. The van der Waals surface area contributed by atoms with Crippen molar-refractivity contribution in [3.63, 3.8) is 0 Å². The zero-order chi connectivity index (χ0) is 22.0. The van der Waals surface area contributed by atoms with Gasteiger partial charge in [0.15, 0.2) is 0 Å². The van der Waals surface area contributed by atoms with Gasteiger partial charge in [-0.3, -0.25) is 4.79 Å². The van der Waals surface area contributed by atoms with Crippen molar-refractivity contribution in [2.24, 2.45) is 0 Å². The number of nitrogens with zero attached hydrogens (tertiary/aromatic N) is 1. The van der Waals surface area contributed by atoms with Crippen molar-refractivity contribution in [1.82, 2.24) is 4.31 Å². The van der Waals surface area contributed by atoms with Crippen LogP contribution in [0.5, 0.6) is 5.75 Å². The van der Waals surface area contributed by atoms with Gasteiger partial charge in [0.2, 0.25) is 10.0 Å². The van der Waals surface area contributed by atoms with E-state index < -0.39 is 15.8 Å². The summed E-state index contributed by atoms with van der Waals surface area (Å²) in [5.41, 5.74) is 2.81. The zero-order valence-corrected chi connectivity index (χ0v) is 17.7. The Morgan fingerprint density at radius 3 is 2.52 bits per heavy atom. The Morgan fingerprint density at radius 2 is 1.77 bits per heavy atom. The molecule has 1 N–H and O–H groups in total. The third-order valence-electron chi connectivity index (χ3n) is 5.24. The fraction of sp³-hybridized carbons (Fsp3) is 0.174. The lowest BCUT2D eigenvalue weighted by Crippen LogP contribution is -2.36. The summed E-state index contributed by atoms with van der Waals surface area (Å²) in [6.07, 6.45) is 0.552. The number of halogens is 1. The van der Waals surface area contributed by atoms with Crippen LogP contribution >= 0.6 is 0 Å². The monoisotopic (exact) mass is 440 g/mol. The molecule has 0 fully saturated rings. The first-order valence-electron chi connectivity index (χ1n) is 9.70. The van der Waals surface area contributed by atoms with Gasteiger partial charge in [-0.2, -0.15) is 4.31 Å². The predicted octanol–water partition coefficient (Wildman–Crippen LogP) is 3.83. The van der Waals surface area contributed by atoms with E-state index in [-0.39, 0.29) is 17.3 Å². The number of carbonyl (C=O) groups is 1. The van der Waals surface area contributed by atoms with E-state index in [0.29, 0.717) is 30.0 Å². The Kier molecular flexibility index (Phi) is 5.75. The lowest BCUT2D eigenvalue weighted by Gasteiger charge is -2.28. The Morgan fingerprint density at radius 1 is 1.03 bits per heavy atom. The van der Waals surface area contributed by atoms with Crippen molar-refractivity contribution < 1.29 is 22.3 Å². The van der Waals surface area contributed by atoms with Crippen LogP contribution in [0.2, 0.25) is 0 Å². The van der Waals surface area contributed by atoms with E-state index >= 15 is 0 Å². The molecule has 1 aliphatic heterocycles. The maximum atomic E-state index is 13.2. The molecule has 0 aromatic heterocycles. The second-order valence-electron chi connectivity index (χ2n) is 7.18. The number of carbonyl (C=O) groups excluding carboxylic acids is 1. The number of fused-ring (bicyclic) bond motifs is 1. The first-order valence-corrected chi connectivity index (χ1v) is 11.1. The number of rotatable bonds is 5. The highest BCUT2D eigenvalue weighted by Gasteiger charge is 2.28. The minimum absolute atomic E-state index is 0.0537. The number of amides is 1. The Hall–Kier alpha value is -3.23. The van der Waals surface area contributed by atoms with E-state index in [2.05, 4.69) is 5.32 Å². The molecule has 4 rings (SSSR count). The molecular formula is C23H21FN2O4S. The Bertz CT molecular complexity index is 1230. The number of nitrogens with one attached hydrogen (secondary N) is 1. The number of methoxy groups -OCH3 is 1. The third-order valence-corrected chi connectivity index (χ3v) is 7.10. The highest BCUT2D eigenvalue weighted by atomic mass is 32.2. The molecule has 0 saturated heterocycles. The third kappa shape index (κ3) is 4.30. The molecule has 8 heteroatoms. The molecule has 1 heterocycles. The van der Waals surface area contributed by atoms with Gasteiger partial charge in [0.25, 0.3) is 5.91 Å². The summed E-state index contributed by atoms with van der Waals surface area (Å²) >= 11 is 0. The zero-order valence-electron chi connectivity index (χ0n) is 16.8. The van der Waals surface area contributed by atoms with Crippen LogP contribution in [0.1, 0.15) is 21.5 Å². The summed E-state index contributed by atoms with van der Waals surface area (Å²) in [4.78, 5) is 12.7. The van der Waals surface area contributed by atoms with Crippen molar-refractivity contribution in [3.05, 3.63) is 89.2 Å². The van der Waals surface area contributed by atoms with Crippen LogP contribution in [0.4, 0.5) is 10.1 Å². The molecular weight excluding hydrogens is 419 g/mol. The molecule has 0 saturated carbocycles. The van der Waals surface area contributed by atoms with Crippen LogP contribution in [-0.4, -0.2) is 32.3 Å². The number of anilines is 1. The number of hydrogen-bond donors (Lipinski definition) is 1. The fourth-order valence-corrected chi connectivity index (χ4v) is 5.02. The van der Waals surface area contributed by atoms with Crippen molar-refractivity contribution in [1.29, 1.82) is 0 Å². The summed E-state index contributed by atoms with van der Waals surface area (Å²) in [5, 5.41) is 2.85. The molecule has 3 aromatic rings.